The molecule has 0 saturated carbocycles. The van der Waals surface area contributed by atoms with E-state index in [1.807, 2.05) is 0 Å². The molecule has 0 aliphatic rings. The molecular weight excluding hydrogens is 805 g/mol. The maximum Gasteiger partial charge on any atom is 0.306 e. The first-order valence-corrected chi connectivity index (χ1v) is 27.8. The summed E-state index contributed by atoms with van der Waals surface area (Å²) in [6, 6.07) is 0. The lowest BCUT2D eigenvalue weighted by Gasteiger charge is -2.18. The van der Waals surface area contributed by atoms with E-state index in [4.69, 9.17) is 14.2 Å². The number of esters is 3. The summed E-state index contributed by atoms with van der Waals surface area (Å²) in [7, 11) is 0. The summed E-state index contributed by atoms with van der Waals surface area (Å²) in [6.45, 7) is 6.51. The summed E-state index contributed by atoms with van der Waals surface area (Å²) in [6.07, 6.45) is 66.8. The molecule has 376 valence electrons. The molecule has 0 aliphatic heterocycles. The molecule has 65 heavy (non-hydrogen) atoms. The van der Waals surface area contributed by atoms with Gasteiger partial charge in [0.2, 0.25) is 0 Å². The third kappa shape index (κ3) is 51.9. The molecule has 6 heteroatoms. The predicted octanol–water partition coefficient (Wildman–Crippen LogP) is 18.4. The molecule has 0 aromatic carbocycles. The molecule has 0 heterocycles. The van der Waals surface area contributed by atoms with Gasteiger partial charge in [-0.15, -0.1) is 0 Å². The van der Waals surface area contributed by atoms with E-state index < -0.39 is 6.10 Å². The number of carbonyl (C=O) groups is 3. The van der Waals surface area contributed by atoms with Crippen LogP contribution < -0.4 is 0 Å². The minimum absolute atomic E-state index is 0.0801. The monoisotopic (exact) mass is 909 g/mol. The molecule has 0 spiro atoms. The van der Waals surface area contributed by atoms with Gasteiger partial charge in [0.25, 0.3) is 0 Å². The summed E-state index contributed by atoms with van der Waals surface area (Å²) in [5.74, 6) is -0.904. The average Bonchev–Trinajstić information content (AvgIpc) is 3.30. The Balaban J connectivity index is 4.06. The van der Waals surface area contributed by atoms with Crippen LogP contribution in [0.25, 0.3) is 0 Å². The molecule has 0 aliphatic carbocycles. The van der Waals surface area contributed by atoms with Gasteiger partial charge in [-0.25, -0.2) is 0 Å². The molecule has 0 bridgehead atoms. The average molecular weight is 909 g/mol. The third-order valence-electron chi connectivity index (χ3n) is 12.0. The number of rotatable bonds is 50. The zero-order valence-electron chi connectivity index (χ0n) is 43.0. The van der Waals surface area contributed by atoms with Gasteiger partial charge in [-0.05, 0) is 89.9 Å². The molecule has 1 unspecified atom stereocenters. The van der Waals surface area contributed by atoms with Gasteiger partial charge in [-0.3, -0.25) is 14.4 Å². The Morgan fingerprint density at radius 1 is 0.308 bits per heavy atom. The lowest BCUT2D eigenvalue weighted by molar-refractivity contribution is -0.167. The molecule has 0 rings (SSSR count). The van der Waals surface area contributed by atoms with E-state index >= 15 is 0 Å². The maximum atomic E-state index is 12.7. The topological polar surface area (TPSA) is 78.9 Å². The van der Waals surface area contributed by atoms with Crippen LogP contribution in [0.4, 0.5) is 0 Å². The molecular formula is C59H104O6. The summed E-state index contributed by atoms with van der Waals surface area (Å²) in [5.41, 5.74) is 0. The van der Waals surface area contributed by atoms with Crippen molar-refractivity contribution in [2.75, 3.05) is 13.2 Å². The van der Waals surface area contributed by atoms with E-state index in [2.05, 4.69) is 81.5 Å². The number of hydrogen-bond donors (Lipinski definition) is 0. The van der Waals surface area contributed by atoms with Crippen LogP contribution in [-0.2, 0) is 28.6 Å². The van der Waals surface area contributed by atoms with Crippen LogP contribution in [0.2, 0.25) is 0 Å². The number of ether oxygens (including phenoxy) is 3. The second kappa shape index (κ2) is 53.7. The minimum atomic E-state index is -0.777. The SMILES string of the molecule is CCCCC/C=C\C/C=C\CCCCCCCC(=O)OC(COC(=O)CCCCCCC)COC(=O)CCCCCCCCCCCCCC/C=C\C/C=C\C/C=C\CCCCCCC. The van der Waals surface area contributed by atoms with E-state index in [1.54, 1.807) is 0 Å². The Morgan fingerprint density at radius 2 is 0.554 bits per heavy atom. The van der Waals surface area contributed by atoms with Gasteiger partial charge in [0.05, 0.1) is 0 Å². The number of allylic oxidation sites excluding steroid dienone is 10. The first-order chi connectivity index (χ1) is 32.0. The van der Waals surface area contributed by atoms with E-state index in [0.29, 0.717) is 19.3 Å². The molecule has 0 amide bonds. The van der Waals surface area contributed by atoms with Gasteiger partial charge in [0.15, 0.2) is 6.10 Å². The van der Waals surface area contributed by atoms with E-state index in [1.165, 1.54) is 135 Å². The van der Waals surface area contributed by atoms with Crippen LogP contribution in [0.15, 0.2) is 60.8 Å². The van der Waals surface area contributed by atoms with Gasteiger partial charge >= 0.3 is 17.9 Å². The van der Waals surface area contributed by atoms with Gasteiger partial charge in [-0.1, -0.05) is 229 Å². The van der Waals surface area contributed by atoms with Crippen LogP contribution >= 0.6 is 0 Å². The quantitative estimate of drug-likeness (QED) is 0.0262. The Labute approximate surface area is 402 Å². The summed E-state index contributed by atoms with van der Waals surface area (Å²) >= 11 is 0. The van der Waals surface area contributed by atoms with Crippen molar-refractivity contribution in [2.24, 2.45) is 0 Å². The molecule has 0 N–H and O–H groups in total. The highest BCUT2D eigenvalue weighted by Gasteiger charge is 2.19. The highest BCUT2D eigenvalue weighted by atomic mass is 16.6. The molecule has 6 nitrogen and oxygen atoms in total. The standard InChI is InChI=1S/C59H104O6/c1-4-7-10-13-15-17-19-21-23-24-25-26-27-28-29-30-31-32-33-34-36-37-39-41-43-46-49-52-58(61)64-55-56(54-63-57(60)51-48-45-12-9-6-3)65-59(62)53-50-47-44-42-40-38-35-22-20-18-16-14-11-8-5-2/h16,18-19,21-22,24-25,27-28,35,56H,4-15,17,20,23,26,29-34,36-55H2,1-3H3/b18-16-,21-19-,25-24-,28-27-,35-22-. The fourth-order valence-corrected chi connectivity index (χ4v) is 7.77. The van der Waals surface area contributed by atoms with E-state index in [9.17, 15) is 14.4 Å². The zero-order chi connectivity index (χ0) is 47.2. The highest BCUT2D eigenvalue weighted by molar-refractivity contribution is 5.71. The fourth-order valence-electron chi connectivity index (χ4n) is 7.77. The van der Waals surface area contributed by atoms with Crippen molar-refractivity contribution in [2.45, 2.75) is 284 Å². The molecule has 0 aromatic heterocycles. The fraction of sp³-hybridized carbons (Fsp3) is 0.780. The third-order valence-corrected chi connectivity index (χ3v) is 12.0. The first-order valence-electron chi connectivity index (χ1n) is 27.8. The van der Waals surface area contributed by atoms with Crippen LogP contribution in [0.3, 0.4) is 0 Å². The number of unbranched alkanes of at least 4 members (excludes halogenated alkanes) is 29. The highest BCUT2D eigenvalue weighted by Crippen LogP contribution is 2.15. The largest absolute Gasteiger partial charge is 0.462 e. The lowest BCUT2D eigenvalue weighted by atomic mass is 10.0. The van der Waals surface area contributed by atoms with Gasteiger partial charge in [0.1, 0.15) is 13.2 Å². The minimum Gasteiger partial charge on any atom is -0.462 e. The van der Waals surface area contributed by atoms with Crippen LogP contribution in [-0.4, -0.2) is 37.2 Å². The van der Waals surface area contributed by atoms with Gasteiger partial charge in [-0.2, -0.15) is 0 Å². The summed E-state index contributed by atoms with van der Waals surface area (Å²) < 4.78 is 16.7. The maximum absolute atomic E-state index is 12.7. The smallest absolute Gasteiger partial charge is 0.306 e. The van der Waals surface area contributed by atoms with Crippen molar-refractivity contribution in [3.8, 4) is 0 Å². The predicted molar refractivity (Wildman–Crippen MR) is 279 cm³/mol. The van der Waals surface area contributed by atoms with Gasteiger partial charge in [0, 0.05) is 19.3 Å². The molecule has 1 atom stereocenters. The Bertz CT molecular complexity index is 1180. The normalized spacial score (nSPS) is 12.5. The number of hydrogen-bond acceptors (Lipinski definition) is 6. The van der Waals surface area contributed by atoms with Gasteiger partial charge < -0.3 is 14.2 Å². The second-order valence-electron chi connectivity index (χ2n) is 18.5. The lowest BCUT2D eigenvalue weighted by Crippen LogP contribution is -2.30. The molecule has 0 fully saturated rings. The number of carbonyl (C=O) groups excluding carboxylic acids is 3. The van der Waals surface area contributed by atoms with Crippen molar-refractivity contribution in [1.82, 2.24) is 0 Å². The molecule has 0 saturated heterocycles. The van der Waals surface area contributed by atoms with E-state index in [0.717, 1.165) is 103 Å². The summed E-state index contributed by atoms with van der Waals surface area (Å²) in [4.78, 5) is 37.7. The van der Waals surface area contributed by atoms with Crippen molar-refractivity contribution in [1.29, 1.82) is 0 Å². The summed E-state index contributed by atoms with van der Waals surface area (Å²) in [5, 5.41) is 0. The Morgan fingerprint density at radius 3 is 0.892 bits per heavy atom. The van der Waals surface area contributed by atoms with Crippen molar-refractivity contribution >= 4 is 17.9 Å². The van der Waals surface area contributed by atoms with Crippen molar-refractivity contribution < 1.29 is 28.6 Å². The van der Waals surface area contributed by atoms with Crippen LogP contribution in [0.5, 0.6) is 0 Å². The molecule has 0 radical (unpaired) electrons. The molecule has 0 aromatic rings. The van der Waals surface area contributed by atoms with Crippen LogP contribution in [0, 0.1) is 0 Å². The van der Waals surface area contributed by atoms with E-state index in [-0.39, 0.29) is 31.1 Å². The van der Waals surface area contributed by atoms with Crippen molar-refractivity contribution in [3.63, 3.8) is 0 Å². The Kier molecular flexibility index (Phi) is 51.3. The van der Waals surface area contributed by atoms with Crippen molar-refractivity contribution in [3.05, 3.63) is 60.8 Å². The van der Waals surface area contributed by atoms with Crippen LogP contribution in [0.1, 0.15) is 278 Å². The second-order valence-corrected chi connectivity index (χ2v) is 18.5. The zero-order valence-corrected chi connectivity index (χ0v) is 43.0. The Hall–Kier alpha value is -2.89. The first kappa shape index (κ1) is 62.1.